The summed E-state index contributed by atoms with van der Waals surface area (Å²) in [6.45, 7) is 4.76. The summed E-state index contributed by atoms with van der Waals surface area (Å²) in [5.74, 6) is -1.04. The highest BCUT2D eigenvalue weighted by Crippen LogP contribution is 2.34. The predicted octanol–water partition coefficient (Wildman–Crippen LogP) is 6.89. The van der Waals surface area contributed by atoms with Crippen LogP contribution in [-0.4, -0.2) is 34.5 Å². The summed E-state index contributed by atoms with van der Waals surface area (Å²) in [6, 6.07) is 7.94. The number of H-pyrrole nitrogens is 1. The van der Waals surface area contributed by atoms with E-state index in [9.17, 15) is 23.1 Å². The van der Waals surface area contributed by atoms with Crippen LogP contribution < -0.4 is 14.8 Å². The average Bonchev–Trinajstić information content (AvgIpc) is 3.14. The molecule has 0 spiro atoms. The van der Waals surface area contributed by atoms with Crippen LogP contribution in [0.2, 0.25) is 0 Å². The monoisotopic (exact) mass is 479 g/mol. The van der Waals surface area contributed by atoms with E-state index in [1.807, 2.05) is 0 Å². The number of nitrogens with one attached hydrogen (secondary N) is 2. The summed E-state index contributed by atoms with van der Waals surface area (Å²) in [6.07, 6.45) is 2.55. The van der Waals surface area contributed by atoms with Gasteiger partial charge in [-0.3, -0.25) is 0 Å². The molecule has 1 aliphatic rings. The Morgan fingerprint density at radius 2 is 1.76 bits per heavy atom. The number of aromatic amines is 1. The molecule has 0 radical (unpaired) electrons. The van der Waals surface area contributed by atoms with Gasteiger partial charge in [0, 0.05) is 11.8 Å². The fourth-order valence-corrected chi connectivity index (χ4v) is 3.82. The van der Waals surface area contributed by atoms with Crippen molar-refractivity contribution >= 4 is 28.6 Å². The molecule has 0 amide bonds. The number of methoxy groups -OCH3 is 1. The Hall–Kier alpha value is -3.43. The number of hydrogen-bond acceptors (Lipinski definition) is 5. The van der Waals surface area contributed by atoms with Gasteiger partial charge < -0.3 is 24.9 Å². The number of rotatable bonds is 5. The number of hydrogen-bond donors (Lipinski definition) is 3. The number of carbonyl (C=O) groups is 1. The Bertz CT molecular complexity index is 1120. The number of benzene rings is 2. The molecule has 3 N–H and O–H groups in total. The number of nitrogens with zero attached hydrogens (tertiary/aromatic N) is 1. The molecule has 0 atom stereocenters. The number of alkyl halides is 3. The maximum absolute atomic E-state index is 12.2. The molecule has 3 aromatic rings. The molecule has 0 unspecified atom stereocenters. The number of imidazole rings is 1. The molecule has 1 aliphatic carbocycles. The number of carboxylic acid groups (broad SMARTS) is 1. The van der Waals surface area contributed by atoms with E-state index in [1.165, 1.54) is 63.5 Å². The van der Waals surface area contributed by atoms with Crippen LogP contribution >= 0.6 is 0 Å². The molecule has 1 heterocycles. The minimum Gasteiger partial charge on any atom is -0.496 e. The number of carboxylic acids is 1. The average molecular weight is 479 g/mol. The van der Waals surface area contributed by atoms with Crippen LogP contribution in [0.15, 0.2) is 36.4 Å². The van der Waals surface area contributed by atoms with E-state index in [1.54, 1.807) is 0 Å². The maximum atomic E-state index is 12.2. The van der Waals surface area contributed by atoms with Crippen molar-refractivity contribution < 1.29 is 32.5 Å². The van der Waals surface area contributed by atoms with Gasteiger partial charge in [-0.25, -0.2) is 9.78 Å². The van der Waals surface area contributed by atoms with Crippen LogP contribution in [0.25, 0.3) is 11.0 Å². The van der Waals surface area contributed by atoms with Crippen LogP contribution in [-0.2, 0) is 0 Å². The van der Waals surface area contributed by atoms with Crippen molar-refractivity contribution in [3.05, 3.63) is 42.0 Å². The summed E-state index contributed by atoms with van der Waals surface area (Å²) >= 11 is 0. The van der Waals surface area contributed by atoms with Crippen molar-refractivity contribution in [3.63, 3.8) is 0 Å². The number of fused-ring (bicyclic) bond motifs is 1. The highest BCUT2D eigenvalue weighted by molar-refractivity contribution is 5.96. The lowest BCUT2D eigenvalue weighted by molar-refractivity contribution is -0.274. The van der Waals surface area contributed by atoms with Crippen LogP contribution in [0, 0.1) is 5.41 Å². The molecule has 0 bridgehead atoms. The predicted molar refractivity (Wildman–Crippen MR) is 123 cm³/mol. The molecule has 34 heavy (non-hydrogen) atoms. The fraction of sp³-hybridized carbons (Fsp3) is 0.417. The van der Waals surface area contributed by atoms with Crippen molar-refractivity contribution in [1.82, 2.24) is 9.97 Å². The summed E-state index contributed by atoms with van der Waals surface area (Å²) < 4.78 is 45.3. The van der Waals surface area contributed by atoms with Crippen LogP contribution in [0.5, 0.6) is 11.5 Å². The van der Waals surface area contributed by atoms with Gasteiger partial charge in [-0.1, -0.05) is 33.1 Å². The van der Waals surface area contributed by atoms with Gasteiger partial charge in [0.05, 0.1) is 18.1 Å². The number of aromatic carboxylic acids is 1. The summed E-state index contributed by atoms with van der Waals surface area (Å²) in [5.41, 5.74) is 2.04. The van der Waals surface area contributed by atoms with E-state index >= 15 is 0 Å². The third kappa shape index (κ3) is 7.03. The number of ether oxygens (including phenoxy) is 2. The summed E-state index contributed by atoms with van der Waals surface area (Å²) in [4.78, 5) is 18.4. The first-order valence-electron chi connectivity index (χ1n) is 10.9. The molecule has 1 saturated carbocycles. The standard InChI is InChI=1S/C16H12F3N3O4.C8H16/c1-25-13-7-12-11(6-10(13)14(23)24)21-15(22-12)20-8-2-4-9(5-3-8)26-16(17,18)19;1-8(2)6-4-3-5-7-8/h2-7H,1H3,(H,23,24)(H2,20,21,22);3-7H2,1-2H3. The van der Waals surface area contributed by atoms with Crippen molar-refractivity contribution in [2.45, 2.75) is 52.3 Å². The van der Waals surface area contributed by atoms with Gasteiger partial charge in [-0.2, -0.15) is 0 Å². The molecular formula is C24H28F3N3O4. The van der Waals surface area contributed by atoms with Gasteiger partial charge in [-0.05, 0) is 48.6 Å². The molecule has 4 rings (SSSR count). The van der Waals surface area contributed by atoms with E-state index in [2.05, 4.69) is 33.9 Å². The molecule has 2 aromatic carbocycles. The van der Waals surface area contributed by atoms with E-state index in [-0.39, 0.29) is 23.0 Å². The Labute approximate surface area is 195 Å². The topological polar surface area (TPSA) is 96.5 Å². The molecule has 1 aromatic heterocycles. The molecular weight excluding hydrogens is 451 g/mol. The second kappa shape index (κ2) is 10.2. The first-order chi connectivity index (χ1) is 16.0. The van der Waals surface area contributed by atoms with E-state index < -0.39 is 12.3 Å². The zero-order chi connectivity index (χ0) is 24.9. The Morgan fingerprint density at radius 1 is 1.12 bits per heavy atom. The minimum absolute atomic E-state index is 0.0242. The fourth-order valence-electron chi connectivity index (χ4n) is 3.82. The minimum atomic E-state index is -4.76. The molecule has 0 aliphatic heterocycles. The van der Waals surface area contributed by atoms with Gasteiger partial charge in [0.25, 0.3) is 0 Å². The highest BCUT2D eigenvalue weighted by atomic mass is 19.4. The zero-order valence-electron chi connectivity index (χ0n) is 19.3. The number of halogens is 3. The molecule has 184 valence electrons. The molecule has 0 saturated heterocycles. The van der Waals surface area contributed by atoms with Gasteiger partial charge in [0.15, 0.2) is 0 Å². The second-order valence-corrected chi connectivity index (χ2v) is 8.88. The van der Waals surface area contributed by atoms with Crippen LogP contribution in [0.1, 0.15) is 56.3 Å². The number of aromatic nitrogens is 2. The Balaban J connectivity index is 0.000000343. The first kappa shape index (κ1) is 25.2. The SMILES string of the molecule is CC1(C)CCCCC1.COc1cc2nc(Nc3ccc(OC(F)(F)F)cc3)[nH]c2cc1C(=O)O. The van der Waals surface area contributed by atoms with Crippen LogP contribution in [0.3, 0.4) is 0 Å². The van der Waals surface area contributed by atoms with Gasteiger partial charge >= 0.3 is 12.3 Å². The van der Waals surface area contributed by atoms with Gasteiger partial charge in [0.2, 0.25) is 5.95 Å². The van der Waals surface area contributed by atoms with Gasteiger partial charge in [0.1, 0.15) is 17.1 Å². The Kier molecular flexibility index (Phi) is 7.58. The Morgan fingerprint density at radius 3 is 2.26 bits per heavy atom. The van der Waals surface area contributed by atoms with E-state index in [0.717, 1.165) is 12.1 Å². The lowest BCUT2D eigenvalue weighted by Gasteiger charge is -2.28. The lowest BCUT2D eigenvalue weighted by Crippen LogP contribution is -2.16. The van der Waals surface area contributed by atoms with Crippen molar-refractivity contribution in [2.75, 3.05) is 12.4 Å². The largest absolute Gasteiger partial charge is 0.573 e. The third-order valence-electron chi connectivity index (χ3n) is 5.59. The molecule has 10 heteroatoms. The van der Waals surface area contributed by atoms with E-state index in [0.29, 0.717) is 22.1 Å². The molecule has 7 nitrogen and oxygen atoms in total. The first-order valence-corrected chi connectivity index (χ1v) is 10.9. The quantitative estimate of drug-likeness (QED) is 0.369. The normalized spacial score (nSPS) is 15.2. The van der Waals surface area contributed by atoms with Gasteiger partial charge in [-0.15, -0.1) is 13.2 Å². The van der Waals surface area contributed by atoms with Crippen molar-refractivity contribution in [1.29, 1.82) is 0 Å². The summed E-state index contributed by atoms with van der Waals surface area (Å²) in [5, 5.41) is 12.1. The zero-order valence-corrected chi connectivity index (χ0v) is 19.3. The smallest absolute Gasteiger partial charge is 0.496 e. The maximum Gasteiger partial charge on any atom is 0.573 e. The summed E-state index contributed by atoms with van der Waals surface area (Å²) in [7, 11) is 1.35. The number of anilines is 2. The molecule has 1 fully saturated rings. The second-order valence-electron chi connectivity index (χ2n) is 8.88. The highest BCUT2D eigenvalue weighted by Gasteiger charge is 2.31. The third-order valence-corrected chi connectivity index (χ3v) is 5.59. The van der Waals surface area contributed by atoms with E-state index in [4.69, 9.17) is 4.74 Å². The van der Waals surface area contributed by atoms with Crippen molar-refractivity contribution in [2.24, 2.45) is 5.41 Å². The van der Waals surface area contributed by atoms with Crippen LogP contribution in [0.4, 0.5) is 24.8 Å². The van der Waals surface area contributed by atoms with Crippen molar-refractivity contribution in [3.8, 4) is 11.5 Å². The lowest BCUT2D eigenvalue weighted by atomic mass is 9.78.